The van der Waals surface area contributed by atoms with Crippen molar-refractivity contribution in [2.24, 2.45) is 5.92 Å². The molecule has 0 spiro atoms. The first-order valence-electron chi connectivity index (χ1n) is 6.79. The molecule has 0 atom stereocenters. The van der Waals surface area contributed by atoms with Crippen LogP contribution in [0.15, 0.2) is 0 Å². The highest BCUT2D eigenvalue weighted by Crippen LogP contribution is 2.15. The average Bonchev–Trinajstić information content (AvgIpc) is 2.34. The zero-order valence-corrected chi connectivity index (χ0v) is 11.5. The van der Waals surface area contributed by atoms with E-state index in [1.807, 2.05) is 0 Å². The van der Waals surface area contributed by atoms with E-state index in [0.717, 1.165) is 52.0 Å². The predicted molar refractivity (Wildman–Crippen MR) is 71.0 cm³/mol. The molecule has 1 heterocycles. The molecule has 0 aromatic rings. The summed E-state index contributed by atoms with van der Waals surface area (Å²) in [5, 5.41) is 3.31. The quantitative estimate of drug-likeness (QED) is 0.747. The number of hydrogen-bond donors (Lipinski definition) is 1. The third kappa shape index (κ3) is 5.04. The maximum absolute atomic E-state index is 12.4. The van der Waals surface area contributed by atoms with Gasteiger partial charge in [-0.25, -0.2) is 0 Å². The Hall–Kier alpha value is -0.610. The van der Waals surface area contributed by atoms with Gasteiger partial charge in [0.1, 0.15) is 0 Å². The second-order valence-corrected chi connectivity index (χ2v) is 5.15. The van der Waals surface area contributed by atoms with Gasteiger partial charge in [-0.15, -0.1) is 0 Å². The topological polar surface area (TPSA) is 35.6 Å². The van der Waals surface area contributed by atoms with E-state index in [2.05, 4.69) is 36.1 Å². The molecule has 1 aliphatic rings. The Morgan fingerprint density at radius 2 is 1.82 bits per heavy atom. The molecule has 1 rings (SSSR count). The van der Waals surface area contributed by atoms with Crippen LogP contribution in [0.3, 0.4) is 0 Å². The monoisotopic (exact) mass is 241 g/mol. The van der Waals surface area contributed by atoms with Gasteiger partial charge in [0.25, 0.3) is 0 Å². The van der Waals surface area contributed by atoms with E-state index < -0.39 is 0 Å². The maximum Gasteiger partial charge on any atom is 0.225 e. The minimum atomic E-state index is 0.255. The summed E-state index contributed by atoms with van der Waals surface area (Å²) in [6.07, 6.45) is 3.05. The molecule has 1 saturated heterocycles. The van der Waals surface area contributed by atoms with Crippen molar-refractivity contribution < 1.29 is 4.79 Å². The lowest BCUT2D eigenvalue weighted by atomic mass is 9.96. The van der Waals surface area contributed by atoms with Gasteiger partial charge in [0.15, 0.2) is 0 Å². The smallest absolute Gasteiger partial charge is 0.225 e. The number of nitrogens with zero attached hydrogens (tertiary/aromatic N) is 2. The molecule has 1 aliphatic heterocycles. The van der Waals surface area contributed by atoms with Gasteiger partial charge >= 0.3 is 0 Å². The van der Waals surface area contributed by atoms with Crippen molar-refractivity contribution >= 4 is 5.91 Å². The van der Waals surface area contributed by atoms with Crippen molar-refractivity contribution in [3.05, 3.63) is 0 Å². The number of amides is 1. The lowest BCUT2D eigenvalue weighted by molar-refractivity contribution is -0.136. The average molecular weight is 241 g/mol. The zero-order chi connectivity index (χ0) is 12.7. The number of piperidine rings is 1. The largest absolute Gasteiger partial charge is 0.341 e. The molecule has 0 saturated carbocycles. The van der Waals surface area contributed by atoms with Gasteiger partial charge in [0, 0.05) is 25.6 Å². The summed E-state index contributed by atoms with van der Waals surface area (Å²) in [6.45, 7) is 6.84. The normalized spacial score (nSPS) is 17.4. The minimum Gasteiger partial charge on any atom is -0.341 e. The van der Waals surface area contributed by atoms with Gasteiger partial charge < -0.3 is 15.1 Å². The predicted octanol–water partition coefficient (Wildman–Crippen LogP) is 0.786. The van der Waals surface area contributed by atoms with E-state index in [1.54, 1.807) is 0 Å². The Kier molecular flexibility index (Phi) is 6.52. The molecule has 0 bridgehead atoms. The highest BCUT2D eigenvalue weighted by atomic mass is 16.2. The highest BCUT2D eigenvalue weighted by Gasteiger charge is 2.25. The lowest BCUT2D eigenvalue weighted by Gasteiger charge is -2.30. The molecule has 1 fully saturated rings. The molecule has 1 N–H and O–H groups in total. The molecule has 17 heavy (non-hydrogen) atoms. The summed E-state index contributed by atoms with van der Waals surface area (Å²) >= 11 is 0. The lowest BCUT2D eigenvalue weighted by Crippen LogP contribution is -2.43. The fourth-order valence-corrected chi connectivity index (χ4v) is 2.25. The number of likely N-dealkylation sites (N-methyl/N-ethyl adjacent to an activating group) is 1. The first kappa shape index (κ1) is 14.5. The van der Waals surface area contributed by atoms with Crippen LogP contribution in [0.1, 0.15) is 26.2 Å². The summed E-state index contributed by atoms with van der Waals surface area (Å²) in [6, 6.07) is 0. The van der Waals surface area contributed by atoms with Crippen molar-refractivity contribution in [2.75, 3.05) is 46.8 Å². The van der Waals surface area contributed by atoms with Crippen LogP contribution in [0.25, 0.3) is 0 Å². The molecule has 0 aromatic heterocycles. The van der Waals surface area contributed by atoms with Crippen LogP contribution in [-0.2, 0) is 4.79 Å². The standard InChI is InChI=1S/C13H27N3O/c1-4-9-16(11-10-15(2)3)13(17)12-5-7-14-8-6-12/h12,14H,4-11H2,1-3H3. The van der Waals surface area contributed by atoms with Gasteiger partial charge in [0.05, 0.1) is 0 Å². The Labute approximate surface area is 105 Å². The number of hydrogen-bond acceptors (Lipinski definition) is 3. The molecule has 4 heteroatoms. The van der Waals surface area contributed by atoms with E-state index in [1.165, 1.54) is 0 Å². The molecule has 4 nitrogen and oxygen atoms in total. The van der Waals surface area contributed by atoms with Crippen LogP contribution in [0.4, 0.5) is 0 Å². The molecular weight excluding hydrogens is 214 g/mol. The fraction of sp³-hybridized carbons (Fsp3) is 0.923. The Bertz CT molecular complexity index is 225. The van der Waals surface area contributed by atoms with Gasteiger partial charge in [-0.3, -0.25) is 4.79 Å². The molecule has 1 amide bonds. The van der Waals surface area contributed by atoms with E-state index >= 15 is 0 Å². The number of carbonyl (C=O) groups is 1. The SMILES string of the molecule is CCCN(CCN(C)C)C(=O)C1CCNCC1. The van der Waals surface area contributed by atoms with E-state index in [9.17, 15) is 4.79 Å². The number of carbonyl (C=O) groups excluding carboxylic acids is 1. The van der Waals surface area contributed by atoms with Crippen molar-refractivity contribution in [3.8, 4) is 0 Å². The van der Waals surface area contributed by atoms with Crippen LogP contribution < -0.4 is 5.32 Å². The first-order valence-corrected chi connectivity index (χ1v) is 6.79. The zero-order valence-electron chi connectivity index (χ0n) is 11.5. The third-order valence-electron chi connectivity index (χ3n) is 3.31. The molecule has 0 unspecified atom stereocenters. The van der Waals surface area contributed by atoms with E-state index in [-0.39, 0.29) is 5.92 Å². The van der Waals surface area contributed by atoms with Gasteiger partial charge in [-0.1, -0.05) is 6.92 Å². The summed E-state index contributed by atoms with van der Waals surface area (Å²) < 4.78 is 0. The Balaban J connectivity index is 2.46. The summed E-state index contributed by atoms with van der Waals surface area (Å²) in [7, 11) is 4.11. The van der Waals surface area contributed by atoms with Gasteiger partial charge in [-0.2, -0.15) is 0 Å². The molecule has 0 radical (unpaired) electrons. The Morgan fingerprint density at radius 1 is 1.18 bits per heavy atom. The molecular formula is C13H27N3O. The number of nitrogens with one attached hydrogen (secondary N) is 1. The molecule has 100 valence electrons. The van der Waals surface area contributed by atoms with Crippen molar-refractivity contribution in [1.82, 2.24) is 15.1 Å². The van der Waals surface area contributed by atoms with Crippen molar-refractivity contribution in [1.29, 1.82) is 0 Å². The summed E-state index contributed by atoms with van der Waals surface area (Å²) in [5.74, 6) is 0.625. The van der Waals surface area contributed by atoms with Crippen molar-refractivity contribution in [3.63, 3.8) is 0 Å². The summed E-state index contributed by atoms with van der Waals surface area (Å²) in [4.78, 5) is 16.6. The van der Waals surface area contributed by atoms with Gasteiger partial charge in [-0.05, 0) is 46.4 Å². The second-order valence-electron chi connectivity index (χ2n) is 5.15. The van der Waals surface area contributed by atoms with Gasteiger partial charge in [0.2, 0.25) is 5.91 Å². The maximum atomic E-state index is 12.4. The van der Waals surface area contributed by atoms with Crippen LogP contribution in [0, 0.1) is 5.92 Å². The second kappa shape index (κ2) is 7.67. The Morgan fingerprint density at radius 3 is 2.35 bits per heavy atom. The first-order chi connectivity index (χ1) is 8.15. The minimum absolute atomic E-state index is 0.255. The highest BCUT2D eigenvalue weighted by molar-refractivity contribution is 5.79. The van der Waals surface area contributed by atoms with Crippen LogP contribution >= 0.6 is 0 Å². The van der Waals surface area contributed by atoms with E-state index in [0.29, 0.717) is 5.91 Å². The number of rotatable bonds is 6. The van der Waals surface area contributed by atoms with E-state index in [4.69, 9.17) is 0 Å². The molecule has 0 aromatic carbocycles. The van der Waals surface area contributed by atoms with Crippen LogP contribution in [0.2, 0.25) is 0 Å². The van der Waals surface area contributed by atoms with Crippen LogP contribution in [-0.4, -0.2) is 62.5 Å². The van der Waals surface area contributed by atoms with Crippen molar-refractivity contribution in [2.45, 2.75) is 26.2 Å². The summed E-state index contributed by atoms with van der Waals surface area (Å²) in [5.41, 5.74) is 0. The molecule has 0 aliphatic carbocycles. The fourth-order valence-electron chi connectivity index (χ4n) is 2.25. The third-order valence-corrected chi connectivity index (χ3v) is 3.31. The van der Waals surface area contributed by atoms with Crippen LogP contribution in [0.5, 0.6) is 0 Å².